The standard InChI is InChI=1S/C22H36N4O2/c1-3-23-22(25-15-21-16-26-13-7-11-20(26)17-28-21)24-12-8-14-27-18(2)19-9-5-4-6-10-19/h4-6,9-10,18,20-21H,3,7-8,11-17H2,1-2H3,(H2,23,24,25). The molecule has 3 rings (SSSR count). The molecule has 156 valence electrons. The Morgan fingerprint density at radius 2 is 2.18 bits per heavy atom. The lowest BCUT2D eigenvalue weighted by Crippen LogP contribution is -2.47. The SMILES string of the molecule is CCNC(=NCC1CN2CCCC2CO1)NCCCOC(C)c1ccccc1. The van der Waals surface area contributed by atoms with Crippen LogP contribution in [0.3, 0.4) is 0 Å². The Balaban J connectivity index is 1.34. The summed E-state index contributed by atoms with van der Waals surface area (Å²) in [6, 6.07) is 11.0. The Labute approximate surface area is 169 Å². The third-order valence-electron chi connectivity index (χ3n) is 5.51. The number of benzene rings is 1. The van der Waals surface area contributed by atoms with Gasteiger partial charge in [-0.3, -0.25) is 9.89 Å². The average molecular weight is 389 g/mol. The molecule has 2 aliphatic rings. The molecule has 1 aromatic carbocycles. The molecule has 2 heterocycles. The summed E-state index contributed by atoms with van der Waals surface area (Å²) in [5, 5.41) is 6.73. The fraction of sp³-hybridized carbons (Fsp3) is 0.682. The fourth-order valence-electron chi connectivity index (χ4n) is 3.89. The third-order valence-corrected chi connectivity index (χ3v) is 5.51. The number of hydrogen-bond acceptors (Lipinski definition) is 4. The highest BCUT2D eigenvalue weighted by molar-refractivity contribution is 5.79. The quantitative estimate of drug-likeness (QED) is 0.387. The van der Waals surface area contributed by atoms with Crippen molar-refractivity contribution in [1.29, 1.82) is 0 Å². The molecule has 0 radical (unpaired) electrons. The summed E-state index contributed by atoms with van der Waals surface area (Å²) < 4.78 is 11.9. The second-order valence-corrected chi connectivity index (χ2v) is 7.67. The van der Waals surface area contributed by atoms with E-state index < -0.39 is 0 Å². The van der Waals surface area contributed by atoms with Crippen molar-refractivity contribution in [3.05, 3.63) is 35.9 Å². The second kappa shape index (κ2) is 11.4. The summed E-state index contributed by atoms with van der Waals surface area (Å²) in [5.74, 6) is 0.866. The van der Waals surface area contributed by atoms with Crippen molar-refractivity contribution in [2.24, 2.45) is 4.99 Å². The van der Waals surface area contributed by atoms with E-state index in [0.717, 1.165) is 45.2 Å². The summed E-state index contributed by atoms with van der Waals surface area (Å²) in [6.45, 7) is 10.4. The second-order valence-electron chi connectivity index (χ2n) is 7.67. The number of guanidine groups is 1. The van der Waals surface area contributed by atoms with Crippen molar-refractivity contribution in [3.8, 4) is 0 Å². The molecule has 3 unspecified atom stereocenters. The zero-order chi connectivity index (χ0) is 19.6. The summed E-state index contributed by atoms with van der Waals surface area (Å²) in [5.41, 5.74) is 1.22. The molecule has 1 aromatic rings. The number of fused-ring (bicyclic) bond motifs is 1. The molecule has 0 aromatic heterocycles. The molecular formula is C22H36N4O2. The van der Waals surface area contributed by atoms with Gasteiger partial charge in [0, 0.05) is 32.3 Å². The molecule has 6 nitrogen and oxygen atoms in total. The molecule has 6 heteroatoms. The monoisotopic (exact) mass is 388 g/mol. The average Bonchev–Trinajstić information content (AvgIpc) is 3.20. The van der Waals surface area contributed by atoms with Gasteiger partial charge in [0.1, 0.15) is 0 Å². The van der Waals surface area contributed by atoms with E-state index in [9.17, 15) is 0 Å². The molecule has 2 fully saturated rings. The van der Waals surface area contributed by atoms with Crippen molar-refractivity contribution in [3.63, 3.8) is 0 Å². The molecule has 0 amide bonds. The van der Waals surface area contributed by atoms with E-state index in [0.29, 0.717) is 12.6 Å². The predicted octanol–water partition coefficient (Wildman–Crippen LogP) is 2.57. The van der Waals surface area contributed by atoms with Gasteiger partial charge in [-0.1, -0.05) is 30.3 Å². The van der Waals surface area contributed by atoms with Crippen molar-refractivity contribution < 1.29 is 9.47 Å². The molecule has 2 aliphatic heterocycles. The van der Waals surface area contributed by atoms with Gasteiger partial charge < -0.3 is 20.1 Å². The first-order valence-electron chi connectivity index (χ1n) is 10.8. The number of morpholine rings is 1. The Hall–Kier alpha value is -1.63. The topological polar surface area (TPSA) is 58.1 Å². The minimum Gasteiger partial charge on any atom is -0.374 e. The Bertz CT molecular complexity index is 595. The van der Waals surface area contributed by atoms with Crippen LogP contribution in [0.1, 0.15) is 44.8 Å². The first-order chi connectivity index (χ1) is 13.8. The molecule has 0 aliphatic carbocycles. The van der Waals surface area contributed by atoms with E-state index in [1.807, 2.05) is 6.07 Å². The van der Waals surface area contributed by atoms with Gasteiger partial charge in [0.25, 0.3) is 0 Å². The van der Waals surface area contributed by atoms with Crippen molar-refractivity contribution in [2.75, 3.05) is 45.9 Å². The number of nitrogens with one attached hydrogen (secondary N) is 2. The molecular weight excluding hydrogens is 352 g/mol. The zero-order valence-electron chi connectivity index (χ0n) is 17.4. The van der Waals surface area contributed by atoms with Crippen LogP contribution in [0, 0.1) is 0 Å². The van der Waals surface area contributed by atoms with Crippen molar-refractivity contribution in [1.82, 2.24) is 15.5 Å². The van der Waals surface area contributed by atoms with E-state index >= 15 is 0 Å². The van der Waals surface area contributed by atoms with E-state index in [1.165, 1.54) is 24.9 Å². The van der Waals surface area contributed by atoms with Crippen LogP contribution in [0.5, 0.6) is 0 Å². The Kier molecular flexibility index (Phi) is 8.58. The number of rotatable bonds is 9. The van der Waals surface area contributed by atoms with Crippen molar-refractivity contribution in [2.45, 2.75) is 51.4 Å². The highest BCUT2D eigenvalue weighted by Crippen LogP contribution is 2.22. The van der Waals surface area contributed by atoms with E-state index in [1.54, 1.807) is 0 Å². The Morgan fingerprint density at radius 3 is 3.00 bits per heavy atom. The molecule has 28 heavy (non-hydrogen) atoms. The van der Waals surface area contributed by atoms with Gasteiger partial charge in [0.2, 0.25) is 0 Å². The lowest BCUT2D eigenvalue weighted by Gasteiger charge is -2.34. The van der Waals surface area contributed by atoms with Crippen LogP contribution in [-0.4, -0.2) is 68.9 Å². The lowest BCUT2D eigenvalue weighted by molar-refractivity contribution is -0.0432. The molecule has 2 N–H and O–H groups in total. The van der Waals surface area contributed by atoms with Crippen LogP contribution in [0.4, 0.5) is 0 Å². The highest BCUT2D eigenvalue weighted by Gasteiger charge is 2.31. The maximum absolute atomic E-state index is 6.01. The van der Waals surface area contributed by atoms with Gasteiger partial charge in [-0.25, -0.2) is 0 Å². The van der Waals surface area contributed by atoms with Gasteiger partial charge in [-0.05, 0) is 45.2 Å². The van der Waals surface area contributed by atoms with E-state index in [-0.39, 0.29) is 12.2 Å². The number of hydrogen-bond donors (Lipinski definition) is 2. The van der Waals surface area contributed by atoms with Crippen LogP contribution in [-0.2, 0) is 9.47 Å². The molecule has 0 bridgehead atoms. The van der Waals surface area contributed by atoms with E-state index in [2.05, 4.69) is 53.6 Å². The summed E-state index contributed by atoms with van der Waals surface area (Å²) in [6.07, 6.45) is 3.86. The molecule has 3 atom stereocenters. The molecule has 2 saturated heterocycles. The van der Waals surface area contributed by atoms with Crippen LogP contribution in [0.25, 0.3) is 0 Å². The van der Waals surface area contributed by atoms with Gasteiger partial charge in [-0.15, -0.1) is 0 Å². The minimum atomic E-state index is 0.126. The summed E-state index contributed by atoms with van der Waals surface area (Å²) in [7, 11) is 0. The summed E-state index contributed by atoms with van der Waals surface area (Å²) in [4.78, 5) is 7.30. The Morgan fingerprint density at radius 1 is 1.32 bits per heavy atom. The third kappa shape index (κ3) is 6.47. The predicted molar refractivity (Wildman–Crippen MR) is 114 cm³/mol. The van der Waals surface area contributed by atoms with E-state index in [4.69, 9.17) is 14.5 Å². The van der Waals surface area contributed by atoms with Crippen molar-refractivity contribution >= 4 is 5.96 Å². The van der Waals surface area contributed by atoms with Gasteiger partial charge in [0.05, 0.1) is 25.4 Å². The smallest absolute Gasteiger partial charge is 0.191 e. The van der Waals surface area contributed by atoms with Gasteiger partial charge >= 0.3 is 0 Å². The first-order valence-corrected chi connectivity index (χ1v) is 10.8. The number of nitrogens with zero attached hydrogens (tertiary/aromatic N) is 2. The minimum absolute atomic E-state index is 0.126. The first kappa shape index (κ1) is 21.1. The lowest BCUT2D eigenvalue weighted by atomic mass is 10.1. The normalized spacial score (nSPS) is 24.0. The fourth-order valence-corrected chi connectivity index (χ4v) is 3.89. The maximum atomic E-state index is 6.01. The summed E-state index contributed by atoms with van der Waals surface area (Å²) >= 11 is 0. The van der Waals surface area contributed by atoms with Crippen LogP contribution in [0.15, 0.2) is 35.3 Å². The van der Waals surface area contributed by atoms with Gasteiger partial charge in [-0.2, -0.15) is 0 Å². The zero-order valence-corrected chi connectivity index (χ0v) is 17.4. The molecule has 0 spiro atoms. The van der Waals surface area contributed by atoms with Gasteiger partial charge in [0.15, 0.2) is 5.96 Å². The number of aliphatic imine (C=N–C) groups is 1. The molecule has 0 saturated carbocycles. The highest BCUT2D eigenvalue weighted by atomic mass is 16.5. The van der Waals surface area contributed by atoms with Crippen LogP contribution >= 0.6 is 0 Å². The van der Waals surface area contributed by atoms with Crippen LogP contribution in [0.2, 0.25) is 0 Å². The largest absolute Gasteiger partial charge is 0.374 e. The van der Waals surface area contributed by atoms with Crippen LogP contribution < -0.4 is 10.6 Å². The number of ether oxygens (including phenoxy) is 2. The maximum Gasteiger partial charge on any atom is 0.191 e.